The molecule has 2 aromatic heterocycles. The molecule has 1 fully saturated rings. The number of methoxy groups -OCH3 is 1. The second-order valence-corrected chi connectivity index (χ2v) is 8.70. The lowest BCUT2D eigenvalue weighted by molar-refractivity contribution is -0.0403. The van der Waals surface area contributed by atoms with Crippen molar-refractivity contribution in [3.63, 3.8) is 0 Å². The van der Waals surface area contributed by atoms with E-state index in [0.717, 1.165) is 24.0 Å². The number of nitrogens with zero attached hydrogens (tertiary/aromatic N) is 4. The first-order valence-electron chi connectivity index (χ1n) is 11.8. The molecule has 0 spiro atoms. The SMILES string of the molecule is COc1ccccc1C(=O)NCc1ccc(-c2nn(C3CCC(CO)OC3)c3ncnc(N)c23)cc1. The zero-order valence-corrected chi connectivity index (χ0v) is 19.9. The van der Waals surface area contributed by atoms with Crippen LogP contribution in [0.25, 0.3) is 22.3 Å². The first kappa shape index (κ1) is 23.7. The van der Waals surface area contributed by atoms with E-state index >= 15 is 0 Å². The second kappa shape index (κ2) is 10.3. The van der Waals surface area contributed by atoms with Gasteiger partial charge in [-0.2, -0.15) is 5.10 Å². The fraction of sp³-hybridized carbons (Fsp3) is 0.308. The Morgan fingerprint density at radius 2 is 2.00 bits per heavy atom. The van der Waals surface area contributed by atoms with Crippen LogP contribution in [0.2, 0.25) is 0 Å². The number of anilines is 1. The van der Waals surface area contributed by atoms with Crippen molar-refractivity contribution < 1.29 is 19.4 Å². The standard InChI is InChI=1S/C26H28N6O4/c1-35-21-5-3-2-4-20(21)26(34)28-12-16-6-8-17(9-7-16)23-22-24(27)29-15-30-25(22)32(31-23)18-10-11-19(13-33)36-14-18/h2-9,15,18-19,33H,10-14H2,1H3,(H,28,34)(H2,27,29,30). The van der Waals surface area contributed by atoms with Crippen LogP contribution >= 0.6 is 0 Å². The van der Waals surface area contributed by atoms with E-state index in [2.05, 4.69) is 15.3 Å². The fourth-order valence-electron chi connectivity index (χ4n) is 4.47. The molecule has 0 radical (unpaired) electrons. The number of carbonyl (C=O) groups excluding carboxylic acids is 1. The Labute approximate surface area is 208 Å². The Hall–Kier alpha value is -4.02. The first-order chi connectivity index (χ1) is 17.6. The molecule has 0 bridgehead atoms. The van der Waals surface area contributed by atoms with Gasteiger partial charge >= 0.3 is 0 Å². The third-order valence-corrected chi connectivity index (χ3v) is 6.45. The van der Waals surface area contributed by atoms with Crippen molar-refractivity contribution in [2.45, 2.75) is 31.5 Å². The number of carbonyl (C=O) groups is 1. The van der Waals surface area contributed by atoms with E-state index < -0.39 is 0 Å². The molecule has 1 aliphatic heterocycles. The molecule has 1 aliphatic rings. The minimum atomic E-state index is -0.204. The van der Waals surface area contributed by atoms with E-state index in [1.807, 2.05) is 35.0 Å². The normalized spacial score (nSPS) is 17.7. The molecular weight excluding hydrogens is 460 g/mol. The zero-order chi connectivity index (χ0) is 25.1. The molecule has 1 amide bonds. The molecule has 0 saturated carbocycles. The number of nitrogen functional groups attached to an aromatic ring is 1. The van der Waals surface area contributed by atoms with E-state index in [1.165, 1.54) is 6.33 Å². The van der Waals surface area contributed by atoms with Crippen molar-refractivity contribution in [2.75, 3.05) is 26.1 Å². The molecule has 1 saturated heterocycles. The fourth-order valence-corrected chi connectivity index (χ4v) is 4.47. The summed E-state index contributed by atoms with van der Waals surface area (Å²) < 4.78 is 12.9. The van der Waals surface area contributed by atoms with Gasteiger partial charge in [0.15, 0.2) is 5.65 Å². The number of hydrogen-bond acceptors (Lipinski definition) is 8. The number of aromatic nitrogens is 4. The predicted octanol–water partition coefficient (Wildman–Crippen LogP) is 2.73. The molecule has 2 aromatic carbocycles. The van der Waals surface area contributed by atoms with Crippen LogP contribution in [0.5, 0.6) is 5.75 Å². The third kappa shape index (κ3) is 4.60. The monoisotopic (exact) mass is 488 g/mol. The molecule has 10 heteroatoms. The minimum Gasteiger partial charge on any atom is -0.496 e. The second-order valence-electron chi connectivity index (χ2n) is 8.70. The number of nitrogens with one attached hydrogen (secondary N) is 1. The van der Waals surface area contributed by atoms with Crippen LogP contribution in [-0.2, 0) is 11.3 Å². The highest BCUT2D eigenvalue weighted by molar-refractivity contribution is 5.98. The summed E-state index contributed by atoms with van der Waals surface area (Å²) in [6, 6.07) is 14.9. The maximum atomic E-state index is 12.6. The van der Waals surface area contributed by atoms with Crippen LogP contribution in [0, 0.1) is 0 Å². The number of para-hydroxylation sites is 1. The van der Waals surface area contributed by atoms with Gasteiger partial charge in [-0.25, -0.2) is 14.6 Å². The summed E-state index contributed by atoms with van der Waals surface area (Å²) in [5.74, 6) is 0.687. The Balaban J connectivity index is 1.37. The lowest BCUT2D eigenvalue weighted by atomic mass is 10.1. The molecule has 5 rings (SSSR count). The topological polar surface area (TPSA) is 137 Å². The van der Waals surface area contributed by atoms with E-state index in [-0.39, 0.29) is 24.7 Å². The number of aliphatic hydroxyl groups is 1. The Morgan fingerprint density at radius 1 is 1.19 bits per heavy atom. The highest BCUT2D eigenvalue weighted by Gasteiger charge is 2.27. The smallest absolute Gasteiger partial charge is 0.255 e. The average molecular weight is 489 g/mol. The number of rotatable bonds is 7. The van der Waals surface area contributed by atoms with Gasteiger partial charge in [-0.3, -0.25) is 4.79 Å². The number of fused-ring (bicyclic) bond motifs is 1. The van der Waals surface area contributed by atoms with Crippen LogP contribution in [0.15, 0.2) is 54.9 Å². The summed E-state index contributed by atoms with van der Waals surface area (Å²) in [6.07, 6.45) is 2.86. The zero-order valence-electron chi connectivity index (χ0n) is 19.9. The lowest BCUT2D eigenvalue weighted by Gasteiger charge is -2.28. The molecule has 186 valence electrons. The van der Waals surface area contributed by atoms with E-state index in [0.29, 0.717) is 47.0 Å². The van der Waals surface area contributed by atoms with Gasteiger partial charge in [-0.1, -0.05) is 36.4 Å². The minimum absolute atomic E-state index is 0.0113. The van der Waals surface area contributed by atoms with Gasteiger partial charge < -0.3 is 25.6 Å². The van der Waals surface area contributed by atoms with Crippen LogP contribution in [0.3, 0.4) is 0 Å². The average Bonchev–Trinajstić information content (AvgIpc) is 3.33. The molecule has 36 heavy (non-hydrogen) atoms. The lowest BCUT2D eigenvalue weighted by Crippen LogP contribution is -2.30. The van der Waals surface area contributed by atoms with Gasteiger partial charge in [0.25, 0.3) is 5.91 Å². The largest absolute Gasteiger partial charge is 0.496 e. The number of amides is 1. The predicted molar refractivity (Wildman–Crippen MR) is 134 cm³/mol. The number of hydrogen-bond donors (Lipinski definition) is 3. The van der Waals surface area contributed by atoms with Gasteiger partial charge in [0.1, 0.15) is 23.6 Å². The van der Waals surface area contributed by atoms with Crippen molar-refractivity contribution in [3.8, 4) is 17.0 Å². The number of benzene rings is 2. The maximum absolute atomic E-state index is 12.6. The highest BCUT2D eigenvalue weighted by Crippen LogP contribution is 2.34. The van der Waals surface area contributed by atoms with E-state index in [4.69, 9.17) is 20.3 Å². The summed E-state index contributed by atoms with van der Waals surface area (Å²) in [4.78, 5) is 21.2. The summed E-state index contributed by atoms with van der Waals surface area (Å²) in [5.41, 5.74) is 9.88. The molecule has 2 unspecified atom stereocenters. The van der Waals surface area contributed by atoms with Crippen molar-refractivity contribution in [1.82, 2.24) is 25.1 Å². The Morgan fingerprint density at radius 3 is 2.72 bits per heavy atom. The van der Waals surface area contributed by atoms with Crippen LogP contribution in [0.1, 0.15) is 34.8 Å². The van der Waals surface area contributed by atoms with Gasteiger partial charge in [0.05, 0.1) is 43.4 Å². The molecule has 4 aromatic rings. The molecular formula is C26H28N6O4. The van der Waals surface area contributed by atoms with Crippen molar-refractivity contribution in [3.05, 3.63) is 66.0 Å². The van der Waals surface area contributed by atoms with Crippen molar-refractivity contribution in [1.29, 1.82) is 0 Å². The Bertz CT molecular complexity index is 1360. The summed E-state index contributed by atoms with van der Waals surface area (Å²) in [5, 5.41) is 17.9. The van der Waals surface area contributed by atoms with Crippen LogP contribution in [0.4, 0.5) is 5.82 Å². The Kier molecular flexibility index (Phi) is 6.79. The number of ether oxygens (including phenoxy) is 2. The molecule has 3 heterocycles. The quantitative estimate of drug-likeness (QED) is 0.361. The van der Waals surface area contributed by atoms with Gasteiger partial charge in [0.2, 0.25) is 0 Å². The third-order valence-electron chi connectivity index (χ3n) is 6.45. The molecule has 10 nitrogen and oxygen atoms in total. The molecule has 0 aliphatic carbocycles. The summed E-state index contributed by atoms with van der Waals surface area (Å²) >= 11 is 0. The first-order valence-corrected chi connectivity index (χ1v) is 11.8. The van der Waals surface area contributed by atoms with Crippen molar-refractivity contribution in [2.24, 2.45) is 0 Å². The highest BCUT2D eigenvalue weighted by atomic mass is 16.5. The van der Waals surface area contributed by atoms with Gasteiger partial charge in [-0.05, 0) is 30.5 Å². The number of nitrogens with two attached hydrogens (primary N) is 1. The summed E-state index contributed by atoms with van der Waals surface area (Å²) in [7, 11) is 1.54. The van der Waals surface area contributed by atoms with Gasteiger partial charge in [0, 0.05) is 12.1 Å². The van der Waals surface area contributed by atoms with Gasteiger partial charge in [-0.15, -0.1) is 0 Å². The van der Waals surface area contributed by atoms with Crippen LogP contribution < -0.4 is 15.8 Å². The molecule has 2 atom stereocenters. The number of aliphatic hydroxyl groups excluding tert-OH is 1. The van der Waals surface area contributed by atoms with Crippen molar-refractivity contribution >= 4 is 22.8 Å². The van der Waals surface area contributed by atoms with Crippen LogP contribution in [-0.4, -0.2) is 57.2 Å². The molecule has 4 N–H and O–H groups in total. The van der Waals surface area contributed by atoms with E-state index in [9.17, 15) is 9.90 Å². The maximum Gasteiger partial charge on any atom is 0.255 e. The summed E-state index contributed by atoms with van der Waals surface area (Å²) in [6.45, 7) is 0.817. The van der Waals surface area contributed by atoms with E-state index in [1.54, 1.807) is 25.3 Å².